The Hall–Kier alpha value is -1.60. The number of nitrogen functional groups attached to an aromatic ring is 2. The van der Waals surface area contributed by atoms with Crippen LogP contribution in [0.15, 0.2) is 6.07 Å². The van der Waals surface area contributed by atoms with E-state index in [0.717, 1.165) is 0 Å². The molecular weight excluding hydrogens is 246 g/mol. The molecule has 1 heterocycles. The monoisotopic (exact) mass is 269 g/mol. The van der Waals surface area contributed by atoms with Crippen molar-refractivity contribution in [2.45, 2.75) is 13.8 Å². The Balaban J connectivity index is 2.69. The van der Waals surface area contributed by atoms with Gasteiger partial charge in [0.15, 0.2) is 0 Å². The molecule has 1 rings (SSSR count). The highest BCUT2D eigenvalue weighted by Crippen LogP contribution is 2.14. The van der Waals surface area contributed by atoms with Crippen LogP contribution in [0, 0.1) is 0 Å². The standard InChI is InChI=1S/C12H23N5O2/c1-3-18-7-5-17(6-8-19-4-2)11-9-10(13)15-12(14)16-11/h9H,3-8H2,1-2H3,(H4,13,14,15,16). The van der Waals surface area contributed by atoms with Gasteiger partial charge >= 0.3 is 0 Å². The predicted molar refractivity (Wildman–Crippen MR) is 76.1 cm³/mol. The normalized spacial score (nSPS) is 10.6. The van der Waals surface area contributed by atoms with Crippen molar-refractivity contribution in [1.29, 1.82) is 0 Å². The van der Waals surface area contributed by atoms with Crippen molar-refractivity contribution in [1.82, 2.24) is 9.97 Å². The van der Waals surface area contributed by atoms with Gasteiger partial charge in [-0.2, -0.15) is 9.97 Å². The number of hydrogen-bond donors (Lipinski definition) is 2. The summed E-state index contributed by atoms with van der Waals surface area (Å²) < 4.78 is 10.7. The van der Waals surface area contributed by atoms with Crippen LogP contribution in [0.4, 0.5) is 17.6 Å². The minimum Gasteiger partial charge on any atom is -0.383 e. The van der Waals surface area contributed by atoms with Crippen LogP contribution >= 0.6 is 0 Å². The maximum Gasteiger partial charge on any atom is 0.223 e. The summed E-state index contributed by atoms with van der Waals surface area (Å²) in [5.41, 5.74) is 11.3. The molecule has 0 atom stereocenters. The lowest BCUT2D eigenvalue weighted by molar-refractivity contribution is 0.141. The minimum atomic E-state index is 0.174. The molecule has 19 heavy (non-hydrogen) atoms. The van der Waals surface area contributed by atoms with E-state index in [-0.39, 0.29) is 5.95 Å². The maximum absolute atomic E-state index is 5.69. The lowest BCUT2D eigenvalue weighted by atomic mass is 10.4. The molecule has 7 heteroatoms. The van der Waals surface area contributed by atoms with E-state index in [9.17, 15) is 0 Å². The highest BCUT2D eigenvalue weighted by molar-refractivity contribution is 5.50. The van der Waals surface area contributed by atoms with E-state index in [2.05, 4.69) is 9.97 Å². The minimum absolute atomic E-state index is 0.174. The predicted octanol–water partition coefficient (Wildman–Crippen LogP) is 0.520. The van der Waals surface area contributed by atoms with Gasteiger partial charge in [0.2, 0.25) is 5.95 Å². The molecule has 0 saturated heterocycles. The molecule has 108 valence electrons. The summed E-state index contributed by atoms with van der Waals surface area (Å²) in [6, 6.07) is 1.70. The topological polar surface area (TPSA) is 99.5 Å². The summed E-state index contributed by atoms with van der Waals surface area (Å²) in [7, 11) is 0. The number of anilines is 3. The molecule has 0 aliphatic carbocycles. The van der Waals surface area contributed by atoms with Gasteiger partial charge in [-0.15, -0.1) is 0 Å². The third-order valence-electron chi connectivity index (χ3n) is 2.49. The fourth-order valence-corrected chi connectivity index (χ4v) is 1.61. The van der Waals surface area contributed by atoms with E-state index in [1.807, 2.05) is 18.7 Å². The highest BCUT2D eigenvalue weighted by atomic mass is 16.5. The van der Waals surface area contributed by atoms with Crippen LogP contribution in [0.5, 0.6) is 0 Å². The molecule has 4 N–H and O–H groups in total. The molecule has 0 amide bonds. The Morgan fingerprint density at radius 1 is 1.05 bits per heavy atom. The Labute approximate surface area is 113 Å². The van der Waals surface area contributed by atoms with Gasteiger partial charge in [-0.3, -0.25) is 0 Å². The van der Waals surface area contributed by atoms with E-state index in [1.165, 1.54) is 0 Å². The third-order valence-corrected chi connectivity index (χ3v) is 2.49. The summed E-state index contributed by atoms with van der Waals surface area (Å²) in [5, 5.41) is 0. The first-order valence-corrected chi connectivity index (χ1v) is 6.47. The van der Waals surface area contributed by atoms with E-state index >= 15 is 0 Å². The summed E-state index contributed by atoms with van der Waals surface area (Å²) in [6.45, 7) is 7.95. The van der Waals surface area contributed by atoms with Crippen LogP contribution in [0.1, 0.15) is 13.8 Å². The van der Waals surface area contributed by atoms with Crippen LogP contribution < -0.4 is 16.4 Å². The van der Waals surface area contributed by atoms with Crippen molar-refractivity contribution >= 4 is 17.6 Å². The second-order valence-electron chi connectivity index (χ2n) is 3.89. The second kappa shape index (κ2) is 8.49. The fraction of sp³-hybridized carbons (Fsp3) is 0.667. The number of nitrogens with two attached hydrogens (primary N) is 2. The van der Waals surface area contributed by atoms with E-state index in [1.54, 1.807) is 6.07 Å². The number of nitrogens with zero attached hydrogens (tertiary/aromatic N) is 3. The van der Waals surface area contributed by atoms with Crippen molar-refractivity contribution < 1.29 is 9.47 Å². The molecule has 7 nitrogen and oxygen atoms in total. The summed E-state index contributed by atoms with van der Waals surface area (Å²) >= 11 is 0. The number of hydrogen-bond acceptors (Lipinski definition) is 7. The first-order valence-electron chi connectivity index (χ1n) is 6.47. The number of rotatable bonds is 9. The fourth-order valence-electron chi connectivity index (χ4n) is 1.61. The zero-order chi connectivity index (χ0) is 14.1. The quantitative estimate of drug-likeness (QED) is 0.630. The summed E-state index contributed by atoms with van der Waals surface area (Å²) in [6.07, 6.45) is 0. The SMILES string of the molecule is CCOCCN(CCOCC)c1cc(N)nc(N)n1. The Kier molecular flexibility index (Phi) is 6.91. The van der Waals surface area contributed by atoms with Gasteiger partial charge in [0, 0.05) is 32.4 Å². The van der Waals surface area contributed by atoms with Crippen molar-refractivity contribution in [3.05, 3.63) is 6.07 Å². The van der Waals surface area contributed by atoms with Crippen molar-refractivity contribution in [3.8, 4) is 0 Å². The largest absolute Gasteiger partial charge is 0.383 e. The van der Waals surface area contributed by atoms with Crippen LogP contribution in [0.25, 0.3) is 0 Å². The van der Waals surface area contributed by atoms with Crippen molar-refractivity contribution in [2.24, 2.45) is 0 Å². The Bertz CT molecular complexity index is 345. The van der Waals surface area contributed by atoms with Gasteiger partial charge in [-0.05, 0) is 13.8 Å². The molecule has 0 aromatic carbocycles. The Morgan fingerprint density at radius 3 is 2.11 bits per heavy atom. The number of ether oxygens (including phenoxy) is 2. The second-order valence-corrected chi connectivity index (χ2v) is 3.89. The van der Waals surface area contributed by atoms with E-state index in [4.69, 9.17) is 20.9 Å². The first-order chi connectivity index (χ1) is 9.17. The van der Waals surface area contributed by atoms with Gasteiger partial charge in [0.05, 0.1) is 13.2 Å². The van der Waals surface area contributed by atoms with E-state index in [0.29, 0.717) is 51.2 Å². The van der Waals surface area contributed by atoms with E-state index < -0.39 is 0 Å². The maximum atomic E-state index is 5.69. The molecule has 0 aliphatic heterocycles. The molecule has 0 bridgehead atoms. The van der Waals surface area contributed by atoms with Crippen LogP contribution in [0.3, 0.4) is 0 Å². The van der Waals surface area contributed by atoms with Crippen LogP contribution in [-0.4, -0.2) is 49.5 Å². The van der Waals surface area contributed by atoms with Gasteiger partial charge in [0.1, 0.15) is 11.6 Å². The van der Waals surface area contributed by atoms with Gasteiger partial charge < -0.3 is 25.8 Å². The van der Waals surface area contributed by atoms with Gasteiger partial charge in [-0.1, -0.05) is 0 Å². The first kappa shape index (κ1) is 15.5. The molecule has 0 fully saturated rings. The summed E-state index contributed by atoms with van der Waals surface area (Å²) in [4.78, 5) is 10.1. The summed E-state index contributed by atoms with van der Waals surface area (Å²) in [5.74, 6) is 1.23. The van der Waals surface area contributed by atoms with Gasteiger partial charge in [-0.25, -0.2) is 0 Å². The molecule has 1 aromatic heterocycles. The molecular formula is C12H23N5O2. The van der Waals surface area contributed by atoms with Crippen LogP contribution in [-0.2, 0) is 9.47 Å². The van der Waals surface area contributed by atoms with Crippen molar-refractivity contribution in [2.75, 3.05) is 55.9 Å². The highest BCUT2D eigenvalue weighted by Gasteiger charge is 2.10. The number of aromatic nitrogens is 2. The lowest BCUT2D eigenvalue weighted by Crippen LogP contribution is -2.32. The lowest BCUT2D eigenvalue weighted by Gasteiger charge is -2.23. The van der Waals surface area contributed by atoms with Gasteiger partial charge in [0.25, 0.3) is 0 Å². The van der Waals surface area contributed by atoms with Crippen molar-refractivity contribution in [3.63, 3.8) is 0 Å². The molecule has 0 radical (unpaired) electrons. The van der Waals surface area contributed by atoms with Crippen LogP contribution in [0.2, 0.25) is 0 Å². The molecule has 0 spiro atoms. The zero-order valence-corrected chi connectivity index (χ0v) is 11.6. The smallest absolute Gasteiger partial charge is 0.223 e. The average Bonchev–Trinajstić information content (AvgIpc) is 2.36. The Morgan fingerprint density at radius 2 is 1.63 bits per heavy atom. The molecule has 0 aliphatic rings. The average molecular weight is 269 g/mol. The third kappa shape index (κ3) is 5.71. The zero-order valence-electron chi connectivity index (χ0n) is 11.6. The molecule has 0 saturated carbocycles. The molecule has 0 unspecified atom stereocenters. The molecule has 1 aromatic rings.